The van der Waals surface area contributed by atoms with Gasteiger partial charge in [0.2, 0.25) is 0 Å². The first-order valence-corrected chi connectivity index (χ1v) is 10.6. The molecule has 0 saturated carbocycles. The van der Waals surface area contributed by atoms with Crippen molar-refractivity contribution in [1.82, 2.24) is 0 Å². The zero-order valence-corrected chi connectivity index (χ0v) is 14.7. The van der Waals surface area contributed by atoms with Crippen LogP contribution in [0.25, 0.3) is 0 Å². The first-order valence-electron chi connectivity index (χ1n) is 6.92. The second kappa shape index (κ2) is 11.0. The molecule has 0 aliphatic heterocycles. The van der Waals surface area contributed by atoms with Gasteiger partial charge in [-0.25, -0.2) is 0 Å². The number of hydrogen-bond acceptors (Lipinski definition) is 1. The molecule has 0 fully saturated rings. The molecule has 0 amide bonds. The zero-order chi connectivity index (χ0) is 13.1. The van der Waals surface area contributed by atoms with Crippen molar-refractivity contribution in [1.29, 1.82) is 0 Å². The quantitative estimate of drug-likeness (QED) is 0.301. The van der Waals surface area contributed by atoms with E-state index in [-0.39, 0.29) is 20.9 Å². The van der Waals surface area contributed by atoms with Gasteiger partial charge in [-0.3, -0.25) is 0 Å². The normalized spacial score (nSPS) is 11.8. The molecule has 0 nitrogen and oxygen atoms in total. The minimum absolute atomic E-state index is 0.0485. The Morgan fingerprint density at radius 1 is 1.11 bits per heavy atom. The molecule has 0 heterocycles. The molecule has 0 N–H and O–H groups in total. The third kappa shape index (κ3) is 7.52. The second-order valence-corrected chi connectivity index (χ2v) is 9.45. The van der Waals surface area contributed by atoms with E-state index in [9.17, 15) is 0 Å². The van der Waals surface area contributed by atoms with Crippen LogP contribution < -0.4 is 0 Å². The number of unbranched alkanes of at least 4 members (excludes halogenated alkanes) is 3. The van der Waals surface area contributed by atoms with Gasteiger partial charge in [0.15, 0.2) is 0 Å². The molecule has 1 aromatic rings. The summed E-state index contributed by atoms with van der Waals surface area (Å²) in [5, 5.41) is 0. The fraction of sp³-hybridized carbons (Fsp3) is 0.500. The number of hydrogen-bond donors (Lipinski definition) is 0. The molecule has 0 bridgehead atoms. The third-order valence-corrected chi connectivity index (χ3v) is 7.65. The summed E-state index contributed by atoms with van der Waals surface area (Å²) in [6.45, 7) is 4.56. The summed E-state index contributed by atoms with van der Waals surface area (Å²) in [7, 11) is 0. The number of rotatable bonds is 9. The predicted molar refractivity (Wildman–Crippen MR) is 85.4 cm³/mol. The summed E-state index contributed by atoms with van der Waals surface area (Å²) in [5.74, 6) is 0. The van der Waals surface area contributed by atoms with Crippen molar-refractivity contribution in [3.8, 4) is 0 Å². The Bertz CT molecular complexity index is 332. The van der Waals surface area contributed by atoms with Crippen molar-refractivity contribution in [2.24, 2.45) is 0 Å². The average molecular weight is 376 g/mol. The summed E-state index contributed by atoms with van der Waals surface area (Å²) in [6.07, 6.45) is 9.15. The van der Waals surface area contributed by atoms with Crippen LogP contribution in [0.1, 0.15) is 46.0 Å². The van der Waals surface area contributed by atoms with E-state index in [1.54, 1.807) is 2.95 Å². The van der Waals surface area contributed by atoms with Gasteiger partial charge < -0.3 is 0 Å². The van der Waals surface area contributed by atoms with Gasteiger partial charge in [0.25, 0.3) is 0 Å². The van der Waals surface area contributed by atoms with Gasteiger partial charge in [-0.1, -0.05) is 0 Å². The van der Waals surface area contributed by atoms with E-state index in [1.165, 1.54) is 41.5 Å². The van der Waals surface area contributed by atoms with Crippen LogP contribution in [-0.2, 0) is 0 Å². The van der Waals surface area contributed by atoms with Crippen LogP contribution in [0.2, 0.25) is 4.47 Å². The van der Waals surface area contributed by atoms with Gasteiger partial charge in [0, 0.05) is 0 Å². The third-order valence-electron chi connectivity index (χ3n) is 2.57. The maximum atomic E-state index is 2.51. The van der Waals surface area contributed by atoms with Crippen LogP contribution in [0, 0.1) is 0 Å². The second-order valence-electron chi connectivity index (χ2n) is 4.28. The molecule has 100 valence electrons. The molecule has 2 heteroatoms. The molecule has 18 heavy (non-hydrogen) atoms. The van der Waals surface area contributed by atoms with Gasteiger partial charge in [0.1, 0.15) is 0 Å². The van der Waals surface area contributed by atoms with Gasteiger partial charge >= 0.3 is 127 Å². The van der Waals surface area contributed by atoms with E-state index in [2.05, 4.69) is 50.3 Å². The first-order chi connectivity index (χ1) is 8.86. The van der Waals surface area contributed by atoms with Gasteiger partial charge in [-0.05, 0) is 0 Å². The molecule has 0 unspecified atom stereocenters. The van der Waals surface area contributed by atoms with Crippen molar-refractivity contribution in [3.05, 3.63) is 39.4 Å². The number of allylic oxidation sites excluding steroid dienone is 1. The molecule has 0 atom stereocenters. The van der Waals surface area contributed by atoms with E-state index in [4.69, 9.17) is 0 Å². The molecule has 1 aromatic carbocycles. The molecule has 0 aliphatic rings. The van der Waals surface area contributed by atoms with Crippen molar-refractivity contribution in [2.75, 3.05) is 0 Å². The van der Waals surface area contributed by atoms with Gasteiger partial charge in [-0.15, -0.1) is 0 Å². The summed E-state index contributed by atoms with van der Waals surface area (Å²) in [6, 6.07) is 10.8. The summed E-state index contributed by atoms with van der Waals surface area (Å²) >= 11 is 2.06. The number of benzene rings is 1. The molecule has 0 radical (unpaired) electrons. The molecule has 0 saturated heterocycles. The van der Waals surface area contributed by atoms with E-state index < -0.39 is 0 Å². The number of thioether (sulfide) groups is 1. The van der Waals surface area contributed by atoms with Crippen LogP contribution in [0.5, 0.6) is 0 Å². The monoisotopic (exact) mass is 378 g/mol. The summed E-state index contributed by atoms with van der Waals surface area (Å²) in [4.78, 5) is 1.40. The fourth-order valence-corrected chi connectivity index (χ4v) is 6.63. The van der Waals surface area contributed by atoms with E-state index in [1.807, 2.05) is 11.8 Å². The Morgan fingerprint density at radius 2 is 1.83 bits per heavy atom. The Morgan fingerprint density at radius 3 is 2.50 bits per heavy atom. The fourth-order valence-electron chi connectivity index (χ4n) is 1.48. The molecule has 0 spiro atoms. The van der Waals surface area contributed by atoms with Crippen LogP contribution in [0.15, 0.2) is 44.3 Å². The predicted octanol–water partition coefficient (Wildman–Crippen LogP) is 5.73. The van der Waals surface area contributed by atoms with E-state index in [0.717, 1.165) is 0 Å². The van der Waals surface area contributed by atoms with Gasteiger partial charge in [0.05, 0.1) is 0 Å². The Hall–Kier alpha value is 0.0996. The Labute approximate surface area is 127 Å². The van der Waals surface area contributed by atoms with Crippen molar-refractivity contribution in [3.63, 3.8) is 0 Å². The van der Waals surface area contributed by atoms with Crippen LogP contribution in [-0.4, -0.2) is 20.9 Å². The summed E-state index contributed by atoms with van der Waals surface area (Å²) in [5.41, 5.74) is 0. The summed E-state index contributed by atoms with van der Waals surface area (Å²) < 4.78 is 3.15. The van der Waals surface area contributed by atoms with Crippen molar-refractivity contribution < 1.29 is 0 Å². The van der Waals surface area contributed by atoms with Crippen LogP contribution >= 0.6 is 11.8 Å². The van der Waals surface area contributed by atoms with Crippen LogP contribution in [0.3, 0.4) is 0 Å². The molecule has 0 aromatic heterocycles. The van der Waals surface area contributed by atoms with Crippen molar-refractivity contribution >= 4 is 32.7 Å². The molecule has 1 rings (SSSR count). The molecular weight excluding hydrogens is 352 g/mol. The average Bonchev–Trinajstić information content (AvgIpc) is 2.40. The van der Waals surface area contributed by atoms with Gasteiger partial charge in [-0.2, -0.15) is 0 Å². The molecular formula is C16H24STe. The van der Waals surface area contributed by atoms with Crippen LogP contribution in [0.4, 0.5) is 0 Å². The Balaban J connectivity index is 2.50. The van der Waals surface area contributed by atoms with Crippen molar-refractivity contribution in [2.45, 2.75) is 55.3 Å². The topological polar surface area (TPSA) is 0 Å². The minimum atomic E-state index is 0.0485. The van der Waals surface area contributed by atoms with E-state index >= 15 is 0 Å². The Kier molecular flexibility index (Phi) is 9.85. The maximum absolute atomic E-state index is 2.51. The van der Waals surface area contributed by atoms with E-state index in [0.29, 0.717) is 0 Å². The standard InChI is InChI=1S/C16H24STe/c1-3-5-8-13-16(18-14-6-4-2)17-15-11-9-7-10-12-15/h7,9-13H,3-6,8,14H2,1-2H3/b16-13-. The SMILES string of the molecule is CCCC/C=C(/Sc1ccccc1)[Te]CCCC. The zero-order valence-electron chi connectivity index (χ0n) is 11.5. The first kappa shape index (κ1) is 16.2. The molecule has 0 aliphatic carbocycles.